The summed E-state index contributed by atoms with van der Waals surface area (Å²) in [5, 5.41) is 6.16. The number of hydrogen-bond donors (Lipinski definition) is 2. The summed E-state index contributed by atoms with van der Waals surface area (Å²) in [6, 6.07) is 5.64. The number of rotatable bonds is 12. The van der Waals surface area contributed by atoms with Gasteiger partial charge in [-0.05, 0) is 111 Å². The van der Waals surface area contributed by atoms with Crippen molar-refractivity contribution in [2.24, 2.45) is 11.8 Å². The van der Waals surface area contributed by atoms with Gasteiger partial charge in [0.25, 0.3) is 0 Å². The molecule has 3 heterocycles. The first-order valence-electron chi connectivity index (χ1n) is 18.1. The minimum Gasteiger partial charge on any atom is -0.465 e. The maximum absolute atomic E-state index is 13.5. The molecule has 278 valence electrons. The SMILES string of the molecule is CCOC(=O)CN1CCC(CC(=O)Nc2cc(N3CCN(C(=O)OC(C)(C)C)CC3)ccc2NC(=O)C2CCN(CC(=O)OCC)CC2)CC1. The Balaban J connectivity index is 1.39. The molecule has 0 spiro atoms. The largest absolute Gasteiger partial charge is 0.465 e. The van der Waals surface area contributed by atoms with Crippen molar-refractivity contribution in [3.05, 3.63) is 18.2 Å². The van der Waals surface area contributed by atoms with E-state index >= 15 is 0 Å². The van der Waals surface area contributed by atoms with E-state index in [1.807, 2.05) is 43.9 Å². The first kappa shape index (κ1) is 38.9. The number of likely N-dealkylation sites (tertiary alicyclic amines) is 2. The van der Waals surface area contributed by atoms with Gasteiger partial charge < -0.3 is 34.6 Å². The first-order chi connectivity index (χ1) is 23.8. The molecule has 3 aliphatic heterocycles. The minimum atomic E-state index is -0.569. The Bertz CT molecular complexity index is 1330. The zero-order chi connectivity index (χ0) is 36.3. The van der Waals surface area contributed by atoms with Crippen molar-refractivity contribution in [3.63, 3.8) is 0 Å². The van der Waals surface area contributed by atoms with Crippen LogP contribution in [0.4, 0.5) is 21.9 Å². The van der Waals surface area contributed by atoms with Crippen molar-refractivity contribution in [1.82, 2.24) is 14.7 Å². The predicted octanol–water partition coefficient (Wildman–Crippen LogP) is 3.56. The number of carbonyl (C=O) groups is 5. The van der Waals surface area contributed by atoms with Crippen molar-refractivity contribution in [3.8, 4) is 0 Å². The smallest absolute Gasteiger partial charge is 0.410 e. The molecule has 14 nitrogen and oxygen atoms in total. The molecule has 0 bridgehead atoms. The van der Waals surface area contributed by atoms with Gasteiger partial charge in [-0.15, -0.1) is 0 Å². The number of benzene rings is 1. The molecule has 1 aromatic carbocycles. The van der Waals surface area contributed by atoms with Gasteiger partial charge in [-0.1, -0.05) is 0 Å². The monoisotopic (exact) mass is 700 g/mol. The number of nitrogens with zero attached hydrogens (tertiary/aromatic N) is 4. The molecule has 14 heteroatoms. The molecule has 3 amide bonds. The maximum Gasteiger partial charge on any atom is 0.410 e. The summed E-state index contributed by atoms with van der Waals surface area (Å²) in [5.74, 6) is -0.795. The van der Waals surface area contributed by atoms with E-state index in [4.69, 9.17) is 14.2 Å². The Labute approximate surface area is 296 Å². The van der Waals surface area contributed by atoms with Gasteiger partial charge in [0, 0.05) is 44.2 Å². The molecule has 2 N–H and O–H groups in total. The fourth-order valence-corrected chi connectivity index (χ4v) is 6.59. The number of piperazine rings is 1. The highest BCUT2D eigenvalue weighted by Gasteiger charge is 2.29. The second-order valence-corrected chi connectivity index (χ2v) is 14.3. The van der Waals surface area contributed by atoms with Crippen LogP contribution in [0, 0.1) is 11.8 Å². The second-order valence-electron chi connectivity index (χ2n) is 14.3. The lowest BCUT2D eigenvalue weighted by atomic mass is 9.93. The average molecular weight is 701 g/mol. The molecule has 4 rings (SSSR count). The van der Waals surface area contributed by atoms with Crippen LogP contribution in [0.1, 0.15) is 66.7 Å². The van der Waals surface area contributed by atoms with Crippen LogP contribution in [0.3, 0.4) is 0 Å². The lowest BCUT2D eigenvalue weighted by Gasteiger charge is -2.37. The van der Waals surface area contributed by atoms with Gasteiger partial charge in [0.1, 0.15) is 5.60 Å². The summed E-state index contributed by atoms with van der Waals surface area (Å²) in [6.45, 7) is 15.2. The van der Waals surface area contributed by atoms with Crippen LogP contribution in [0.25, 0.3) is 0 Å². The lowest BCUT2D eigenvalue weighted by molar-refractivity contribution is -0.145. The Hall–Kier alpha value is -3.91. The summed E-state index contributed by atoms with van der Waals surface area (Å²) in [6.07, 6.45) is 2.82. The number of esters is 2. The third kappa shape index (κ3) is 12.1. The van der Waals surface area contributed by atoms with Gasteiger partial charge in [-0.2, -0.15) is 0 Å². The zero-order valence-electron chi connectivity index (χ0n) is 30.5. The van der Waals surface area contributed by atoms with Crippen LogP contribution >= 0.6 is 0 Å². The number of nitrogens with one attached hydrogen (secondary N) is 2. The summed E-state index contributed by atoms with van der Waals surface area (Å²) in [4.78, 5) is 71.2. The van der Waals surface area contributed by atoms with Crippen molar-refractivity contribution in [2.75, 3.05) is 94.2 Å². The molecule has 1 aromatic rings. The van der Waals surface area contributed by atoms with E-state index in [0.29, 0.717) is 83.1 Å². The third-order valence-electron chi connectivity index (χ3n) is 9.29. The molecule has 3 fully saturated rings. The number of ether oxygens (including phenoxy) is 3. The highest BCUT2D eigenvalue weighted by atomic mass is 16.6. The quantitative estimate of drug-likeness (QED) is 0.244. The average Bonchev–Trinajstić information content (AvgIpc) is 3.06. The van der Waals surface area contributed by atoms with Crippen LogP contribution in [0.5, 0.6) is 0 Å². The van der Waals surface area contributed by atoms with Crippen LogP contribution < -0.4 is 15.5 Å². The molecule has 50 heavy (non-hydrogen) atoms. The molecule has 0 atom stereocenters. The number of amides is 3. The highest BCUT2D eigenvalue weighted by molar-refractivity contribution is 6.01. The second kappa shape index (κ2) is 18.4. The van der Waals surface area contributed by atoms with Gasteiger partial charge in [0.2, 0.25) is 11.8 Å². The van der Waals surface area contributed by atoms with Gasteiger partial charge in [0.05, 0.1) is 37.7 Å². The van der Waals surface area contributed by atoms with Crippen molar-refractivity contribution >= 4 is 46.9 Å². The molecular weight excluding hydrogens is 644 g/mol. The third-order valence-corrected chi connectivity index (χ3v) is 9.29. The van der Waals surface area contributed by atoms with E-state index in [9.17, 15) is 24.0 Å². The van der Waals surface area contributed by atoms with Gasteiger partial charge in [-0.25, -0.2) is 4.79 Å². The van der Waals surface area contributed by atoms with Gasteiger partial charge in [0.15, 0.2) is 0 Å². The fourth-order valence-electron chi connectivity index (χ4n) is 6.59. The van der Waals surface area contributed by atoms with Crippen LogP contribution in [0.2, 0.25) is 0 Å². The molecule has 0 saturated carbocycles. The number of anilines is 3. The molecule has 0 unspecified atom stereocenters. The molecule has 0 radical (unpaired) electrons. The molecule has 0 aromatic heterocycles. The van der Waals surface area contributed by atoms with E-state index in [1.54, 1.807) is 18.7 Å². The number of carbonyl (C=O) groups excluding carboxylic acids is 5. The lowest BCUT2D eigenvalue weighted by Crippen LogP contribution is -2.50. The molecule has 3 saturated heterocycles. The molecule has 0 aliphatic carbocycles. The van der Waals surface area contributed by atoms with Crippen molar-refractivity contribution in [2.45, 2.75) is 72.3 Å². The standard InChI is InChI=1S/C36H56N6O8/c1-6-48-32(44)24-39-14-10-26(11-15-39)22-31(43)37-30-23-28(41-18-20-42(21-19-41)35(47)50-36(3,4)5)8-9-29(30)38-34(46)27-12-16-40(17-13-27)25-33(45)49-7-2/h8-9,23,26-27H,6-7,10-22,24-25H2,1-5H3,(H,37,43)(H,38,46). The van der Waals surface area contributed by atoms with Crippen molar-refractivity contribution in [1.29, 1.82) is 0 Å². The zero-order valence-corrected chi connectivity index (χ0v) is 30.5. The minimum absolute atomic E-state index is 0.121. The predicted molar refractivity (Wildman–Crippen MR) is 190 cm³/mol. The van der Waals surface area contributed by atoms with Crippen molar-refractivity contribution < 1.29 is 38.2 Å². The Kier molecular flexibility index (Phi) is 14.3. The first-order valence-corrected chi connectivity index (χ1v) is 18.1. The Morgan fingerprint density at radius 1 is 0.740 bits per heavy atom. The van der Waals surface area contributed by atoms with E-state index < -0.39 is 5.60 Å². The van der Waals surface area contributed by atoms with E-state index in [-0.39, 0.29) is 54.8 Å². The Morgan fingerprint density at radius 2 is 1.30 bits per heavy atom. The van der Waals surface area contributed by atoms with Crippen LogP contribution in [-0.2, 0) is 33.4 Å². The summed E-state index contributed by atoms with van der Waals surface area (Å²) >= 11 is 0. The molecule has 3 aliphatic rings. The van der Waals surface area contributed by atoms with E-state index in [1.165, 1.54) is 0 Å². The topological polar surface area (TPSA) is 150 Å². The maximum atomic E-state index is 13.5. The van der Waals surface area contributed by atoms with E-state index in [0.717, 1.165) is 31.6 Å². The van der Waals surface area contributed by atoms with E-state index in [2.05, 4.69) is 20.4 Å². The normalized spacial score (nSPS) is 18.3. The molecular formula is C36H56N6O8. The highest BCUT2D eigenvalue weighted by Crippen LogP contribution is 2.31. The van der Waals surface area contributed by atoms with Gasteiger partial charge >= 0.3 is 18.0 Å². The summed E-state index contributed by atoms with van der Waals surface area (Å²) in [7, 11) is 0. The summed E-state index contributed by atoms with van der Waals surface area (Å²) < 4.78 is 15.7. The number of piperidine rings is 2. The fraction of sp³-hybridized carbons (Fsp3) is 0.694. The van der Waals surface area contributed by atoms with Gasteiger partial charge in [-0.3, -0.25) is 29.0 Å². The Morgan fingerprint density at radius 3 is 1.84 bits per heavy atom. The van der Waals surface area contributed by atoms with Crippen LogP contribution in [0.15, 0.2) is 18.2 Å². The number of hydrogen-bond acceptors (Lipinski definition) is 11. The van der Waals surface area contributed by atoms with Crippen LogP contribution in [-0.4, -0.2) is 129 Å². The summed E-state index contributed by atoms with van der Waals surface area (Å²) in [5.41, 5.74) is 1.36.